The van der Waals surface area contributed by atoms with Gasteiger partial charge in [0.05, 0.1) is 17.8 Å². The number of β-amino-alcohol motifs (C(OH)–C–C–N with tert-alkyl or cyclic N) is 1. The molecule has 2 atom stereocenters. The summed E-state index contributed by atoms with van der Waals surface area (Å²) in [5.74, 6) is 0.634. The SMILES string of the molecule is Cc1onc(C(C)C)c1C(=O)N1C[C@@H](O)[C@H](N2CCCC2)C1. The lowest BCUT2D eigenvalue weighted by atomic mass is 10.0. The highest BCUT2D eigenvalue weighted by Gasteiger charge is 2.40. The van der Waals surface area contributed by atoms with E-state index in [1.807, 2.05) is 13.8 Å². The highest BCUT2D eigenvalue weighted by molar-refractivity contribution is 5.96. The molecule has 0 spiro atoms. The van der Waals surface area contributed by atoms with Gasteiger partial charge in [-0.25, -0.2) is 0 Å². The summed E-state index contributed by atoms with van der Waals surface area (Å²) in [6.07, 6.45) is 1.89. The molecular formula is C16H25N3O3. The molecule has 22 heavy (non-hydrogen) atoms. The lowest BCUT2D eigenvalue weighted by molar-refractivity contribution is 0.0760. The van der Waals surface area contributed by atoms with Crippen molar-refractivity contribution in [1.29, 1.82) is 0 Å². The molecule has 0 aromatic carbocycles. The van der Waals surface area contributed by atoms with E-state index in [4.69, 9.17) is 4.52 Å². The first kappa shape index (κ1) is 15.5. The van der Waals surface area contributed by atoms with E-state index in [9.17, 15) is 9.90 Å². The maximum Gasteiger partial charge on any atom is 0.259 e. The summed E-state index contributed by atoms with van der Waals surface area (Å²) in [7, 11) is 0. The molecule has 0 bridgehead atoms. The molecule has 0 radical (unpaired) electrons. The quantitative estimate of drug-likeness (QED) is 0.914. The smallest absolute Gasteiger partial charge is 0.259 e. The molecule has 1 N–H and O–H groups in total. The fourth-order valence-electron chi connectivity index (χ4n) is 3.57. The van der Waals surface area contributed by atoms with Crippen LogP contribution in [0.5, 0.6) is 0 Å². The topological polar surface area (TPSA) is 69.8 Å². The first-order chi connectivity index (χ1) is 10.5. The van der Waals surface area contributed by atoms with Gasteiger partial charge >= 0.3 is 0 Å². The maximum absolute atomic E-state index is 12.9. The summed E-state index contributed by atoms with van der Waals surface area (Å²) >= 11 is 0. The van der Waals surface area contributed by atoms with Crippen LogP contribution in [0.15, 0.2) is 4.52 Å². The van der Waals surface area contributed by atoms with E-state index in [0.29, 0.717) is 30.1 Å². The molecular weight excluding hydrogens is 282 g/mol. The zero-order chi connectivity index (χ0) is 15.9. The van der Waals surface area contributed by atoms with Crippen LogP contribution in [0.1, 0.15) is 54.4 Å². The monoisotopic (exact) mass is 307 g/mol. The van der Waals surface area contributed by atoms with Gasteiger partial charge in [0, 0.05) is 13.1 Å². The number of aryl methyl sites for hydroxylation is 1. The van der Waals surface area contributed by atoms with Crippen LogP contribution in [0, 0.1) is 6.92 Å². The van der Waals surface area contributed by atoms with E-state index in [2.05, 4.69) is 10.1 Å². The summed E-state index contributed by atoms with van der Waals surface area (Å²) in [5, 5.41) is 14.4. The number of hydrogen-bond donors (Lipinski definition) is 1. The van der Waals surface area contributed by atoms with Gasteiger partial charge in [-0.2, -0.15) is 0 Å². The Morgan fingerprint density at radius 2 is 2.00 bits per heavy atom. The summed E-state index contributed by atoms with van der Waals surface area (Å²) in [4.78, 5) is 16.9. The molecule has 2 aliphatic heterocycles. The summed E-state index contributed by atoms with van der Waals surface area (Å²) in [6, 6.07) is 0.0640. The largest absolute Gasteiger partial charge is 0.390 e. The third kappa shape index (κ3) is 2.65. The second-order valence-corrected chi connectivity index (χ2v) is 6.74. The lowest BCUT2D eigenvalue weighted by Gasteiger charge is -2.25. The van der Waals surface area contributed by atoms with Crippen LogP contribution in [-0.2, 0) is 0 Å². The van der Waals surface area contributed by atoms with Gasteiger partial charge in [0.1, 0.15) is 11.3 Å². The van der Waals surface area contributed by atoms with Crippen LogP contribution in [0.2, 0.25) is 0 Å². The average molecular weight is 307 g/mol. The minimum absolute atomic E-state index is 0.0640. The minimum atomic E-state index is -0.468. The average Bonchev–Trinajstić information content (AvgIpc) is 3.16. The Balaban J connectivity index is 1.77. The standard InChI is InChI=1S/C16H25N3O3/c1-10(2)15-14(11(3)22-17-15)16(21)19-8-12(13(20)9-19)18-6-4-5-7-18/h10,12-13,20H,4-9H2,1-3H3/t12-,13-/m1/s1. The van der Waals surface area contributed by atoms with Crippen molar-refractivity contribution in [2.45, 2.75) is 51.7 Å². The molecule has 2 fully saturated rings. The Hall–Kier alpha value is -1.40. The Bertz CT molecular complexity index is 549. The molecule has 3 heterocycles. The second-order valence-electron chi connectivity index (χ2n) is 6.74. The number of aliphatic hydroxyl groups is 1. The normalized spacial score (nSPS) is 26.3. The Kier molecular flexibility index (Phi) is 4.23. The molecule has 0 aliphatic carbocycles. The van der Waals surface area contributed by atoms with Gasteiger partial charge in [0.2, 0.25) is 0 Å². The summed E-state index contributed by atoms with van der Waals surface area (Å²) in [6.45, 7) is 8.79. The predicted octanol–water partition coefficient (Wildman–Crippen LogP) is 1.39. The molecule has 1 aromatic heterocycles. The number of aromatic nitrogens is 1. The molecule has 0 unspecified atom stereocenters. The number of aliphatic hydroxyl groups excluding tert-OH is 1. The van der Waals surface area contributed by atoms with E-state index in [1.165, 1.54) is 12.8 Å². The zero-order valence-electron chi connectivity index (χ0n) is 13.6. The van der Waals surface area contributed by atoms with Gasteiger partial charge < -0.3 is 14.5 Å². The third-order valence-electron chi connectivity index (χ3n) is 4.81. The van der Waals surface area contributed by atoms with Crippen molar-refractivity contribution in [1.82, 2.24) is 15.0 Å². The van der Waals surface area contributed by atoms with Crippen molar-refractivity contribution < 1.29 is 14.4 Å². The van der Waals surface area contributed by atoms with Crippen molar-refractivity contribution in [2.24, 2.45) is 0 Å². The number of rotatable bonds is 3. The Morgan fingerprint density at radius 1 is 1.32 bits per heavy atom. The van der Waals surface area contributed by atoms with Gasteiger partial charge in [0.25, 0.3) is 5.91 Å². The first-order valence-electron chi connectivity index (χ1n) is 8.16. The molecule has 122 valence electrons. The summed E-state index contributed by atoms with van der Waals surface area (Å²) in [5.41, 5.74) is 1.28. The highest BCUT2D eigenvalue weighted by Crippen LogP contribution is 2.27. The Labute approximate surface area is 131 Å². The maximum atomic E-state index is 12.9. The molecule has 6 heteroatoms. The van der Waals surface area contributed by atoms with Gasteiger partial charge in [-0.1, -0.05) is 19.0 Å². The van der Waals surface area contributed by atoms with Gasteiger partial charge in [-0.05, 0) is 38.8 Å². The van der Waals surface area contributed by atoms with Crippen LogP contribution in [0.4, 0.5) is 0 Å². The molecule has 6 nitrogen and oxygen atoms in total. The molecule has 1 amide bonds. The van der Waals surface area contributed by atoms with E-state index in [-0.39, 0.29) is 17.9 Å². The number of carbonyl (C=O) groups excluding carboxylic acids is 1. The number of likely N-dealkylation sites (tertiary alicyclic amines) is 2. The number of nitrogens with zero attached hydrogens (tertiary/aromatic N) is 3. The van der Waals surface area contributed by atoms with E-state index in [1.54, 1.807) is 11.8 Å². The van der Waals surface area contributed by atoms with Crippen molar-refractivity contribution >= 4 is 5.91 Å². The number of hydrogen-bond acceptors (Lipinski definition) is 5. The van der Waals surface area contributed by atoms with Crippen molar-refractivity contribution in [3.63, 3.8) is 0 Å². The minimum Gasteiger partial charge on any atom is -0.390 e. The number of amides is 1. The molecule has 1 aromatic rings. The summed E-state index contributed by atoms with van der Waals surface area (Å²) < 4.78 is 5.22. The zero-order valence-corrected chi connectivity index (χ0v) is 13.6. The molecule has 2 aliphatic rings. The predicted molar refractivity (Wildman–Crippen MR) is 81.8 cm³/mol. The van der Waals surface area contributed by atoms with E-state index in [0.717, 1.165) is 13.1 Å². The van der Waals surface area contributed by atoms with Crippen molar-refractivity contribution in [3.05, 3.63) is 17.0 Å². The van der Waals surface area contributed by atoms with Crippen LogP contribution in [0.3, 0.4) is 0 Å². The van der Waals surface area contributed by atoms with Crippen LogP contribution < -0.4 is 0 Å². The Morgan fingerprint density at radius 3 is 2.64 bits per heavy atom. The van der Waals surface area contributed by atoms with Gasteiger partial charge in [0.15, 0.2) is 0 Å². The lowest BCUT2D eigenvalue weighted by Crippen LogP contribution is -2.41. The highest BCUT2D eigenvalue weighted by atomic mass is 16.5. The second kappa shape index (κ2) is 6.01. The fourth-order valence-corrected chi connectivity index (χ4v) is 3.57. The van der Waals surface area contributed by atoms with Crippen LogP contribution in [-0.4, -0.2) is 64.3 Å². The van der Waals surface area contributed by atoms with E-state index >= 15 is 0 Å². The molecule has 3 rings (SSSR count). The molecule has 2 saturated heterocycles. The van der Waals surface area contributed by atoms with Crippen LogP contribution >= 0.6 is 0 Å². The van der Waals surface area contributed by atoms with Gasteiger partial charge in [-0.3, -0.25) is 9.69 Å². The van der Waals surface area contributed by atoms with E-state index < -0.39 is 6.10 Å². The fraction of sp³-hybridized carbons (Fsp3) is 0.750. The van der Waals surface area contributed by atoms with Crippen molar-refractivity contribution in [2.75, 3.05) is 26.2 Å². The first-order valence-corrected chi connectivity index (χ1v) is 8.16. The third-order valence-corrected chi connectivity index (χ3v) is 4.81. The molecule has 0 saturated carbocycles. The van der Waals surface area contributed by atoms with Crippen LogP contribution in [0.25, 0.3) is 0 Å². The van der Waals surface area contributed by atoms with Gasteiger partial charge in [-0.15, -0.1) is 0 Å². The van der Waals surface area contributed by atoms with Crippen molar-refractivity contribution in [3.8, 4) is 0 Å². The number of carbonyl (C=O) groups is 1.